The average molecular weight is 233 g/mol. The van der Waals surface area contributed by atoms with Crippen LogP contribution >= 0.6 is 11.8 Å². The van der Waals surface area contributed by atoms with Crippen LogP contribution < -0.4 is 5.32 Å². The number of hydrogen-bond acceptors (Lipinski definition) is 3. The number of carbonyl (C=O) groups excluding carboxylic acids is 1. The maximum atomic E-state index is 11.2. The summed E-state index contributed by atoms with van der Waals surface area (Å²) >= 11 is 1.73. The molecule has 0 aromatic carbocycles. The Kier molecular flexibility index (Phi) is 8.18. The van der Waals surface area contributed by atoms with Crippen LogP contribution in [0.2, 0.25) is 0 Å². The Morgan fingerprint density at radius 2 is 2.13 bits per heavy atom. The molecule has 4 nitrogen and oxygen atoms in total. The first-order chi connectivity index (χ1) is 7.06. The van der Waals surface area contributed by atoms with Crippen molar-refractivity contribution in [3.63, 3.8) is 0 Å². The molecule has 0 saturated heterocycles. The lowest BCUT2D eigenvalue weighted by atomic mass is 10.1. The lowest BCUT2D eigenvalue weighted by Gasteiger charge is -2.09. The van der Waals surface area contributed by atoms with Crippen LogP contribution in [0.4, 0.5) is 0 Å². The Labute approximate surface area is 94.8 Å². The summed E-state index contributed by atoms with van der Waals surface area (Å²) in [5.41, 5.74) is 0. The fraction of sp³-hybridized carbons (Fsp3) is 0.800. The van der Waals surface area contributed by atoms with Crippen molar-refractivity contribution in [2.75, 3.05) is 18.1 Å². The molecule has 0 aliphatic rings. The van der Waals surface area contributed by atoms with Crippen LogP contribution in [-0.4, -0.2) is 35.0 Å². The van der Waals surface area contributed by atoms with E-state index in [1.807, 2.05) is 6.92 Å². The molecule has 1 amide bonds. The molecule has 0 spiro atoms. The molecule has 0 bridgehead atoms. The Morgan fingerprint density at radius 1 is 1.47 bits per heavy atom. The highest BCUT2D eigenvalue weighted by molar-refractivity contribution is 7.99. The highest BCUT2D eigenvalue weighted by Gasteiger charge is 2.08. The van der Waals surface area contributed by atoms with Gasteiger partial charge in [-0.05, 0) is 11.7 Å². The smallest absolute Gasteiger partial charge is 0.303 e. The van der Waals surface area contributed by atoms with Crippen LogP contribution in [0.5, 0.6) is 0 Å². The van der Waals surface area contributed by atoms with E-state index in [9.17, 15) is 9.59 Å². The van der Waals surface area contributed by atoms with Gasteiger partial charge in [0.2, 0.25) is 5.91 Å². The zero-order valence-electron chi connectivity index (χ0n) is 9.28. The van der Waals surface area contributed by atoms with Gasteiger partial charge in [-0.3, -0.25) is 9.59 Å². The van der Waals surface area contributed by atoms with E-state index < -0.39 is 5.97 Å². The van der Waals surface area contributed by atoms with Crippen molar-refractivity contribution >= 4 is 23.6 Å². The third-order valence-corrected chi connectivity index (χ3v) is 2.75. The molecule has 0 saturated carbocycles. The average Bonchev–Trinajstić information content (AvgIpc) is 2.14. The molecular weight excluding hydrogens is 214 g/mol. The van der Waals surface area contributed by atoms with Gasteiger partial charge in [-0.15, -0.1) is 0 Å². The summed E-state index contributed by atoms with van der Waals surface area (Å²) in [4.78, 5) is 21.6. The van der Waals surface area contributed by atoms with Crippen molar-refractivity contribution in [3.8, 4) is 0 Å². The summed E-state index contributed by atoms with van der Waals surface area (Å²) in [5.74, 6) is 1.02. The molecule has 2 N–H and O–H groups in total. The molecule has 0 aliphatic heterocycles. The van der Waals surface area contributed by atoms with Crippen molar-refractivity contribution in [1.82, 2.24) is 5.32 Å². The Hall–Kier alpha value is -0.710. The third-order valence-electron chi connectivity index (χ3n) is 1.85. The fourth-order valence-corrected chi connectivity index (χ4v) is 1.67. The molecule has 0 aromatic heterocycles. The summed E-state index contributed by atoms with van der Waals surface area (Å²) < 4.78 is 0. The van der Waals surface area contributed by atoms with Crippen molar-refractivity contribution in [2.24, 2.45) is 5.92 Å². The van der Waals surface area contributed by atoms with Crippen molar-refractivity contribution in [2.45, 2.75) is 26.7 Å². The van der Waals surface area contributed by atoms with Gasteiger partial charge in [-0.1, -0.05) is 13.8 Å². The first kappa shape index (κ1) is 14.3. The molecule has 88 valence electrons. The highest BCUT2D eigenvalue weighted by atomic mass is 32.2. The second kappa shape index (κ2) is 8.59. The Bertz CT molecular complexity index is 209. The van der Waals surface area contributed by atoms with E-state index in [-0.39, 0.29) is 18.2 Å². The van der Waals surface area contributed by atoms with Gasteiger partial charge in [0.25, 0.3) is 0 Å². The minimum Gasteiger partial charge on any atom is -0.481 e. The van der Waals surface area contributed by atoms with E-state index >= 15 is 0 Å². The zero-order valence-corrected chi connectivity index (χ0v) is 10.1. The van der Waals surface area contributed by atoms with E-state index in [4.69, 9.17) is 5.11 Å². The van der Waals surface area contributed by atoms with Gasteiger partial charge in [0.15, 0.2) is 0 Å². The molecule has 0 heterocycles. The van der Waals surface area contributed by atoms with Crippen LogP contribution in [0.15, 0.2) is 0 Å². The van der Waals surface area contributed by atoms with Crippen molar-refractivity contribution in [3.05, 3.63) is 0 Å². The van der Waals surface area contributed by atoms with Gasteiger partial charge in [0, 0.05) is 25.1 Å². The Morgan fingerprint density at radius 3 is 2.67 bits per heavy atom. The van der Waals surface area contributed by atoms with Crippen LogP contribution in [0.25, 0.3) is 0 Å². The monoisotopic (exact) mass is 233 g/mol. The van der Waals surface area contributed by atoms with E-state index in [0.29, 0.717) is 13.0 Å². The van der Waals surface area contributed by atoms with Crippen LogP contribution in [0, 0.1) is 5.92 Å². The fourth-order valence-electron chi connectivity index (χ4n) is 1.06. The molecule has 0 rings (SSSR count). The topological polar surface area (TPSA) is 66.4 Å². The SMILES string of the molecule is CCSCCC(=O)NCC(C)CC(=O)O. The molecule has 0 aromatic rings. The number of thioether (sulfide) groups is 1. The van der Waals surface area contributed by atoms with Gasteiger partial charge in [0.05, 0.1) is 0 Å². The van der Waals surface area contributed by atoms with Gasteiger partial charge >= 0.3 is 5.97 Å². The maximum Gasteiger partial charge on any atom is 0.303 e. The highest BCUT2D eigenvalue weighted by Crippen LogP contribution is 2.02. The number of nitrogens with one attached hydrogen (secondary N) is 1. The lowest BCUT2D eigenvalue weighted by molar-refractivity contribution is -0.138. The van der Waals surface area contributed by atoms with E-state index in [2.05, 4.69) is 12.2 Å². The van der Waals surface area contributed by atoms with Crippen LogP contribution in [-0.2, 0) is 9.59 Å². The summed E-state index contributed by atoms with van der Waals surface area (Å²) in [6.45, 7) is 4.31. The predicted molar refractivity (Wildman–Crippen MR) is 62.0 cm³/mol. The number of carboxylic acids is 1. The summed E-state index contributed by atoms with van der Waals surface area (Å²) in [7, 11) is 0. The Balaban J connectivity index is 3.48. The van der Waals surface area contributed by atoms with Gasteiger partial charge in [0.1, 0.15) is 0 Å². The van der Waals surface area contributed by atoms with Gasteiger partial charge in [-0.2, -0.15) is 11.8 Å². The van der Waals surface area contributed by atoms with Crippen molar-refractivity contribution in [1.29, 1.82) is 0 Å². The second-order valence-corrected chi connectivity index (χ2v) is 4.85. The normalized spacial score (nSPS) is 12.1. The third kappa shape index (κ3) is 9.59. The first-order valence-corrected chi connectivity index (χ1v) is 6.28. The molecule has 0 fully saturated rings. The maximum absolute atomic E-state index is 11.2. The lowest BCUT2D eigenvalue weighted by Crippen LogP contribution is -2.29. The van der Waals surface area contributed by atoms with Crippen LogP contribution in [0.3, 0.4) is 0 Å². The molecule has 1 atom stereocenters. The minimum atomic E-state index is -0.821. The molecule has 15 heavy (non-hydrogen) atoms. The van der Waals surface area contributed by atoms with Gasteiger partial charge in [-0.25, -0.2) is 0 Å². The number of rotatable bonds is 8. The molecule has 0 radical (unpaired) electrons. The first-order valence-electron chi connectivity index (χ1n) is 5.12. The quantitative estimate of drug-likeness (QED) is 0.621. The van der Waals surface area contributed by atoms with Crippen molar-refractivity contribution < 1.29 is 14.7 Å². The second-order valence-electron chi connectivity index (χ2n) is 3.45. The minimum absolute atomic E-state index is 0.00758. The number of carboxylic acid groups (broad SMARTS) is 1. The number of carbonyl (C=O) groups is 2. The summed E-state index contributed by atoms with van der Waals surface area (Å²) in [6.07, 6.45) is 0.613. The standard InChI is InChI=1S/C10H19NO3S/c1-3-15-5-4-9(12)11-7-8(2)6-10(13)14/h8H,3-7H2,1-2H3,(H,11,12)(H,13,14). The predicted octanol–water partition coefficient (Wildman–Crippen LogP) is 1.36. The molecule has 0 aliphatic carbocycles. The van der Waals surface area contributed by atoms with E-state index in [0.717, 1.165) is 11.5 Å². The number of aliphatic carboxylic acids is 1. The number of amides is 1. The van der Waals surface area contributed by atoms with E-state index in [1.165, 1.54) is 0 Å². The van der Waals surface area contributed by atoms with Gasteiger partial charge < -0.3 is 10.4 Å². The molecule has 1 unspecified atom stereocenters. The largest absolute Gasteiger partial charge is 0.481 e. The molecular formula is C10H19NO3S. The molecule has 5 heteroatoms. The van der Waals surface area contributed by atoms with Crippen LogP contribution in [0.1, 0.15) is 26.7 Å². The summed E-state index contributed by atoms with van der Waals surface area (Å²) in [5, 5.41) is 11.2. The number of hydrogen-bond donors (Lipinski definition) is 2. The zero-order chi connectivity index (χ0) is 11.7. The van der Waals surface area contributed by atoms with E-state index in [1.54, 1.807) is 11.8 Å². The summed E-state index contributed by atoms with van der Waals surface area (Å²) in [6, 6.07) is 0.